The minimum atomic E-state index is -4.53. The second-order valence-corrected chi connectivity index (χ2v) is 7.33. The Labute approximate surface area is 182 Å². The van der Waals surface area contributed by atoms with Crippen molar-refractivity contribution in [1.82, 2.24) is 25.1 Å². The number of nitrogens with zero attached hydrogens (tertiary/aromatic N) is 6. The Balaban J connectivity index is 1.33. The number of amides is 1. The summed E-state index contributed by atoms with van der Waals surface area (Å²) >= 11 is 0. The first-order chi connectivity index (χ1) is 15.3. The Morgan fingerprint density at radius 2 is 1.66 bits per heavy atom. The predicted octanol–water partition coefficient (Wildman–Crippen LogP) is 3.30. The summed E-state index contributed by atoms with van der Waals surface area (Å²) in [5.41, 5.74) is 0.170. The summed E-state index contributed by atoms with van der Waals surface area (Å²) in [6, 6.07) is 9.41. The van der Waals surface area contributed by atoms with Gasteiger partial charge in [0.1, 0.15) is 11.5 Å². The van der Waals surface area contributed by atoms with Gasteiger partial charge in [0, 0.05) is 38.6 Å². The number of halogens is 3. The number of nitrogens with one attached hydrogen (secondary N) is 1. The van der Waals surface area contributed by atoms with E-state index in [4.69, 9.17) is 0 Å². The van der Waals surface area contributed by atoms with E-state index >= 15 is 0 Å². The maximum absolute atomic E-state index is 12.6. The van der Waals surface area contributed by atoms with Crippen LogP contribution < -0.4 is 10.2 Å². The van der Waals surface area contributed by atoms with Crippen molar-refractivity contribution in [3.8, 4) is 0 Å². The highest BCUT2D eigenvalue weighted by molar-refractivity contribution is 5.94. The van der Waals surface area contributed by atoms with Gasteiger partial charge in [0.25, 0.3) is 5.91 Å². The fourth-order valence-corrected chi connectivity index (χ4v) is 3.24. The SMILES string of the molecule is Cc1ccc(Nc2ccc(N3CCN(C(=O)c4ccc(C(F)(F)F)nc4)CC3)nn2)nc1. The monoisotopic (exact) mass is 443 g/mol. The Bertz CT molecular complexity index is 1060. The summed E-state index contributed by atoms with van der Waals surface area (Å²) in [7, 11) is 0. The maximum Gasteiger partial charge on any atom is 0.433 e. The van der Waals surface area contributed by atoms with Gasteiger partial charge in [-0.05, 0) is 42.8 Å². The van der Waals surface area contributed by atoms with Crippen LogP contribution in [0.2, 0.25) is 0 Å². The third-order valence-corrected chi connectivity index (χ3v) is 5.01. The number of hydrogen-bond donors (Lipinski definition) is 1. The second kappa shape index (κ2) is 8.77. The number of anilines is 3. The molecule has 3 aromatic rings. The highest BCUT2D eigenvalue weighted by atomic mass is 19.4. The number of carbonyl (C=O) groups excluding carboxylic acids is 1. The van der Waals surface area contributed by atoms with Gasteiger partial charge in [0.05, 0.1) is 5.56 Å². The molecule has 1 N–H and O–H groups in total. The van der Waals surface area contributed by atoms with Gasteiger partial charge < -0.3 is 15.1 Å². The number of rotatable bonds is 4. The number of carbonyl (C=O) groups is 1. The normalized spacial score (nSPS) is 14.4. The highest BCUT2D eigenvalue weighted by Crippen LogP contribution is 2.27. The zero-order chi connectivity index (χ0) is 22.7. The third-order valence-electron chi connectivity index (χ3n) is 5.01. The summed E-state index contributed by atoms with van der Waals surface area (Å²) < 4.78 is 37.9. The van der Waals surface area contributed by atoms with Crippen molar-refractivity contribution in [2.24, 2.45) is 0 Å². The molecule has 32 heavy (non-hydrogen) atoms. The summed E-state index contributed by atoms with van der Waals surface area (Å²) in [4.78, 5) is 23.8. The van der Waals surface area contributed by atoms with Crippen LogP contribution in [0.25, 0.3) is 0 Å². The van der Waals surface area contributed by atoms with E-state index in [1.807, 2.05) is 30.0 Å². The molecule has 0 aromatic carbocycles. The van der Waals surface area contributed by atoms with Crippen molar-refractivity contribution in [2.75, 3.05) is 36.4 Å². The molecule has 0 unspecified atom stereocenters. The van der Waals surface area contributed by atoms with E-state index in [2.05, 4.69) is 25.5 Å². The molecule has 1 aliphatic rings. The molecule has 1 amide bonds. The molecule has 4 rings (SSSR count). The Kier molecular flexibility index (Phi) is 5.89. The van der Waals surface area contributed by atoms with Crippen LogP contribution in [0, 0.1) is 6.92 Å². The fourth-order valence-electron chi connectivity index (χ4n) is 3.24. The van der Waals surface area contributed by atoms with Gasteiger partial charge in [-0.3, -0.25) is 9.78 Å². The second-order valence-electron chi connectivity index (χ2n) is 7.33. The number of piperazine rings is 1. The van der Waals surface area contributed by atoms with Gasteiger partial charge in [0.2, 0.25) is 0 Å². The minimum Gasteiger partial charge on any atom is -0.352 e. The number of pyridine rings is 2. The van der Waals surface area contributed by atoms with Gasteiger partial charge in [0.15, 0.2) is 11.6 Å². The summed E-state index contributed by atoms with van der Waals surface area (Å²) in [6.45, 7) is 3.84. The molecule has 0 aliphatic carbocycles. The quantitative estimate of drug-likeness (QED) is 0.662. The molecule has 1 fully saturated rings. The van der Waals surface area contributed by atoms with Gasteiger partial charge in [-0.1, -0.05) is 6.07 Å². The van der Waals surface area contributed by atoms with Crippen LogP contribution in [0.1, 0.15) is 21.6 Å². The van der Waals surface area contributed by atoms with E-state index in [1.54, 1.807) is 17.2 Å². The van der Waals surface area contributed by atoms with Gasteiger partial charge in [-0.25, -0.2) is 4.98 Å². The molecular weight excluding hydrogens is 423 g/mol. The molecule has 0 atom stereocenters. The number of alkyl halides is 3. The molecule has 166 valence electrons. The van der Waals surface area contributed by atoms with Crippen LogP contribution in [0.5, 0.6) is 0 Å². The number of aromatic nitrogens is 4. The molecule has 3 aromatic heterocycles. The van der Waals surface area contributed by atoms with E-state index in [9.17, 15) is 18.0 Å². The first-order valence-electron chi connectivity index (χ1n) is 9.90. The smallest absolute Gasteiger partial charge is 0.352 e. The summed E-state index contributed by atoms with van der Waals surface area (Å²) in [5, 5.41) is 11.5. The first kappa shape index (κ1) is 21.5. The van der Waals surface area contributed by atoms with Crippen molar-refractivity contribution in [3.05, 3.63) is 65.6 Å². The van der Waals surface area contributed by atoms with E-state index in [0.717, 1.165) is 23.9 Å². The molecule has 0 radical (unpaired) electrons. The molecule has 0 saturated carbocycles. The standard InChI is InChI=1S/C21H20F3N7O/c1-14-2-5-17(26-12-14)27-18-6-7-19(29-28-18)30-8-10-31(11-9-30)20(32)15-3-4-16(25-13-15)21(22,23)24/h2-7,12-13H,8-11H2,1H3,(H,26,27,28). The van der Waals surface area contributed by atoms with Crippen LogP contribution in [0.3, 0.4) is 0 Å². The van der Waals surface area contributed by atoms with E-state index < -0.39 is 11.9 Å². The Hall–Kier alpha value is -3.76. The van der Waals surface area contributed by atoms with Gasteiger partial charge in [-0.15, -0.1) is 10.2 Å². The first-order valence-corrected chi connectivity index (χ1v) is 9.90. The van der Waals surface area contributed by atoms with Crippen molar-refractivity contribution >= 4 is 23.4 Å². The molecule has 1 saturated heterocycles. The zero-order valence-electron chi connectivity index (χ0n) is 17.2. The Morgan fingerprint density at radius 3 is 2.22 bits per heavy atom. The van der Waals surface area contributed by atoms with Crippen molar-refractivity contribution in [1.29, 1.82) is 0 Å². The van der Waals surface area contributed by atoms with E-state index in [1.165, 1.54) is 0 Å². The lowest BCUT2D eigenvalue weighted by Gasteiger charge is -2.35. The minimum absolute atomic E-state index is 0.131. The van der Waals surface area contributed by atoms with Crippen molar-refractivity contribution in [2.45, 2.75) is 13.1 Å². The molecule has 1 aliphatic heterocycles. The average molecular weight is 443 g/mol. The topological polar surface area (TPSA) is 87.1 Å². The molecular formula is C21H20F3N7O. The molecule has 11 heteroatoms. The molecule has 0 spiro atoms. The zero-order valence-corrected chi connectivity index (χ0v) is 17.2. The number of hydrogen-bond acceptors (Lipinski definition) is 7. The average Bonchev–Trinajstić information content (AvgIpc) is 2.80. The predicted molar refractivity (Wildman–Crippen MR) is 112 cm³/mol. The highest BCUT2D eigenvalue weighted by Gasteiger charge is 2.32. The lowest BCUT2D eigenvalue weighted by Crippen LogP contribution is -2.49. The van der Waals surface area contributed by atoms with E-state index in [0.29, 0.717) is 43.6 Å². The van der Waals surface area contributed by atoms with Crippen molar-refractivity contribution in [3.63, 3.8) is 0 Å². The molecule has 8 nitrogen and oxygen atoms in total. The lowest BCUT2D eigenvalue weighted by molar-refractivity contribution is -0.141. The fraction of sp³-hybridized carbons (Fsp3) is 0.286. The third kappa shape index (κ3) is 4.93. The van der Waals surface area contributed by atoms with Crippen LogP contribution in [0.4, 0.5) is 30.6 Å². The van der Waals surface area contributed by atoms with E-state index in [-0.39, 0.29) is 11.5 Å². The summed E-state index contributed by atoms with van der Waals surface area (Å²) in [6.07, 6.45) is -1.81. The van der Waals surface area contributed by atoms with Crippen LogP contribution >= 0.6 is 0 Å². The van der Waals surface area contributed by atoms with Gasteiger partial charge >= 0.3 is 6.18 Å². The Morgan fingerprint density at radius 1 is 0.906 bits per heavy atom. The van der Waals surface area contributed by atoms with Gasteiger partial charge in [-0.2, -0.15) is 13.2 Å². The van der Waals surface area contributed by atoms with Crippen LogP contribution in [0.15, 0.2) is 48.8 Å². The van der Waals surface area contributed by atoms with Crippen molar-refractivity contribution < 1.29 is 18.0 Å². The summed E-state index contributed by atoms with van der Waals surface area (Å²) in [5.74, 6) is 1.56. The lowest BCUT2D eigenvalue weighted by atomic mass is 10.2. The largest absolute Gasteiger partial charge is 0.433 e. The van der Waals surface area contributed by atoms with Crippen LogP contribution in [-0.2, 0) is 6.18 Å². The van der Waals surface area contributed by atoms with Crippen LogP contribution in [-0.4, -0.2) is 57.2 Å². The molecule has 0 bridgehead atoms. The molecule has 4 heterocycles. The number of aryl methyl sites for hydroxylation is 1. The maximum atomic E-state index is 12.6.